The molecule has 0 fully saturated rings. The monoisotopic (exact) mass is 335 g/mol. The van der Waals surface area contributed by atoms with E-state index in [-0.39, 0.29) is 0 Å². The zero-order chi connectivity index (χ0) is 18.4. The van der Waals surface area contributed by atoms with E-state index in [4.69, 9.17) is 4.99 Å². The van der Waals surface area contributed by atoms with Gasteiger partial charge < -0.3 is 4.90 Å². The average molecular weight is 335 g/mol. The molecule has 0 saturated heterocycles. The van der Waals surface area contributed by atoms with Gasteiger partial charge in [0.1, 0.15) is 5.35 Å². The lowest BCUT2D eigenvalue weighted by Crippen LogP contribution is -2.47. The lowest BCUT2D eigenvalue weighted by atomic mass is 9.90. The summed E-state index contributed by atoms with van der Waals surface area (Å²) < 4.78 is 0. The number of pyridine rings is 1. The third-order valence-electron chi connectivity index (χ3n) is 5.26. The van der Waals surface area contributed by atoms with Crippen molar-refractivity contribution >= 4 is 6.20 Å². The molecule has 0 aliphatic carbocycles. The third kappa shape index (κ3) is 3.20. The fourth-order valence-electron chi connectivity index (χ4n) is 3.68. The van der Waals surface area contributed by atoms with Crippen LogP contribution in [0.4, 0.5) is 0 Å². The van der Waals surface area contributed by atoms with E-state index in [0.717, 1.165) is 17.1 Å². The van der Waals surface area contributed by atoms with E-state index >= 15 is 0 Å². The molecule has 1 atom stereocenters. The van der Waals surface area contributed by atoms with Crippen molar-refractivity contribution in [2.75, 3.05) is 7.05 Å². The van der Waals surface area contributed by atoms with Crippen LogP contribution in [0.1, 0.15) is 48.6 Å². The predicted octanol–water partition coefficient (Wildman–Crippen LogP) is 3.38. The first-order valence-electron chi connectivity index (χ1n) is 9.08. The van der Waals surface area contributed by atoms with Crippen molar-refractivity contribution in [3.8, 4) is 0 Å². The molecule has 3 rings (SSSR count). The number of nitrogens with zero attached hydrogens (tertiary/aromatic N) is 3. The summed E-state index contributed by atoms with van der Waals surface area (Å²) >= 11 is 0. The molecule has 132 valence electrons. The van der Waals surface area contributed by atoms with Crippen molar-refractivity contribution in [2.45, 2.75) is 53.6 Å². The zero-order valence-corrected chi connectivity index (χ0v) is 16.5. The first-order chi connectivity index (χ1) is 11.7. The summed E-state index contributed by atoms with van der Waals surface area (Å²) in [5.41, 5.74) is 6.02. The fourth-order valence-corrected chi connectivity index (χ4v) is 3.68. The molecule has 0 saturated carbocycles. The van der Waals surface area contributed by atoms with E-state index in [1.165, 1.54) is 27.8 Å². The summed E-state index contributed by atoms with van der Waals surface area (Å²) in [6.07, 6.45) is 5.15. The van der Waals surface area contributed by atoms with Crippen LogP contribution in [0.25, 0.3) is 6.20 Å². The number of fused-ring (bicyclic) bond motifs is 1. The maximum absolute atomic E-state index is 5.17. The van der Waals surface area contributed by atoms with Crippen LogP contribution in [0.2, 0.25) is 0 Å². The van der Waals surface area contributed by atoms with E-state index in [9.17, 15) is 0 Å². The first kappa shape index (κ1) is 17.7. The Morgan fingerprint density at radius 1 is 1.12 bits per heavy atom. The van der Waals surface area contributed by atoms with Crippen LogP contribution in [0.3, 0.4) is 0 Å². The first-order valence-corrected chi connectivity index (χ1v) is 9.08. The van der Waals surface area contributed by atoms with E-state index in [2.05, 4.69) is 82.9 Å². The second-order valence-corrected chi connectivity index (χ2v) is 7.97. The van der Waals surface area contributed by atoms with Crippen molar-refractivity contribution in [2.24, 2.45) is 10.9 Å². The van der Waals surface area contributed by atoms with E-state index in [1.807, 2.05) is 6.20 Å². The maximum Gasteiger partial charge on any atom is 0.155 e. The van der Waals surface area contributed by atoms with Crippen LogP contribution in [-0.2, 0) is 12.1 Å². The van der Waals surface area contributed by atoms with Gasteiger partial charge >= 0.3 is 0 Å². The predicted molar refractivity (Wildman–Crippen MR) is 104 cm³/mol. The Balaban J connectivity index is 2.20. The molecule has 2 aromatic rings. The smallest absolute Gasteiger partial charge is 0.155 e. The highest BCUT2D eigenvalue weighted by Crippen LogP contribution is 2.34. The van der Waals surface area contributed by atoms with Gasteiger partial charge in [0.25, 0.3) is 0 Å². The zero-order valence-electron chi connectivity index (χ0n) is 16.5. The molecule has 1 unspecified atom stereocenters. The third-order valence-corrected chi connectivity index (χ3v) is 5.26. The van der Waals surface area contributed by atoms with Crippen molar-refractivity contribution in [3.63, 3.8) is 0 Å². The van der Waals surface area contributed by atoms with Gasteiger partial charge in [-0.15, -0.1) is 0 Å². The summed E-state index contributed by atoms with van der Waals surface area (Å²) in [5, 5.41) is 1.95. The van der Waals surface area contributed by atoms with Crippen LogP contribution in [0, 0.1) is 26.7 Å². The second-order valence-electron chi connectivity index (χ2n) is 7.97. The Bertz CT molecular complexity index is 927. The summed E-state index contributed by atoms with van der Waals surface area (Å²) in [6, 6.07) is 6.72. The Morgan fingerprint density at radius 2 is 1.84 bits per heavy atom. The van der Waals surface area contributed by atoms with Crippen molar-refractivity contribution < 1.29 is 0 Å². The molecule has 1 aliphatic heterocycles. The second kappa shape index (κ2) is 6.29. The number of rotatable bonds is 3. The van der Waals surface area contributed by atoms with E-state index in [1.54, 1.807) is 0 Å². The normalized spacial score (nSPS) is 19.4. The number of aryl methyl sites for hydroxylation is 2. The number of hydrogen-bond donors (Lipinski definition) is 0. The molecule has 0 amide bonds. The van der Waals surface area contributed by atoms with Gasteiger partial charge in [-0.3, -0.25) is 9.98 Å². The number of benzene rings is 1. The molecule has 0 spiro atoms. The van der Waals surface area contributed by atoms with Gasteiger partial charge in [-0.05, 0) is 62.8 Å². The standard InChI is InChI=1S/C22H29N3/c1-14(2)8-18-11-20-21(23-12-18)13-25(7)22(6,24-20)19-10-15(3)9-16(4)17(19)5/h9-14H,8H2,1-7H3. The molecule has 3 nitrogen and oxygen atoms in total. The number of aromatic nitrogens is 1. The minimum absolute atomic E-state index is 0.411. The molecule has 25 heavy (non-hydrogen) atoms. The molecule has 2 heterocycles. The highest BCUT2D eigenvalue weighted by atomic mass is 15.3. The van der Waals surface area contributed by atoms with Gasteiger partial charge in [0.2, 0.25) is 0 Å². The van der Waals surface area contributed by atoms with Gasteiger partial charge in [-0.2, -0.15) is 0 Å². The summed E-state index contributed by atoms with van der Waals surface area (Å²) in [5.74, 6) is 0.614. The highest BCUT2D eigenvalue weighted by molar-refractivity contribution is 5.43. The van der Waals surface area contributed by atoms with Crippen molar-refractivity contribution in [3.05, 3.63) is 62.9 Å². The Morgan fingerprint density at radius 3 is 2.52 bits per heavy atom. The molecular formula is C22H29N3. The van der Waals surface area contributed by atoms with Gasteiger partial charge in [0, 0.05) is 25.0 Å². The molecule has 1 aliphatic rings. The van der Waals surface area contributed by atoms with E-state index < -0.39 is 5.66 Å². The molecular weight excluding hydrogens is 306 g/mol. The lowest BCUT2D eigenvalue weighted by molar-refractivity contribution is 0.223. The topological polar surface area (TPSA) is 28.5 Å². The highest BCUT2D eigenvalue weighted by Gasteiger charge is 2.33. The quantitative estimate of drug-likeness (QED) is 0.860. The number of hydrogen-bond acceptors (Lipinski definition) is 3. The van der Waals surface area contributed by atoms with Crippen LogP contribution < -0.4 is 10.7 Å². The average Bonchev–Trinajstić information content (AvgIpc) is 2.51. The fraction of sp³-hybridized carbons (Fsp3) is 0.455. The Labute approximate surface area is 151 Å². The van der Waals surface area contributed by atoms with Crippen LogP contribution in [0.15, 0.2) is 29.4 Å². The molecule has 1 aromatic carbocycles. The summed E-state index contributed by atoms with van der Waals surface area (Å²) in [4.78, 5) is 12.0. The van der Waals surface area contributed by atoms with Crippen LogP contribution in [-0.4, -0.2) is 16.9 Å². The minimum atomic E-state index is -0.411. The molecule has 0 radical (unpaired) electrons. The molecule has 0 bridgehead atoms. The van der Waals surface area contributed by atoms with Crippen LogP contribution in [0.5, 0.6) is 0 Å². The Kier molecular flexibility index (Phi) is 4.44. The van der Waals surface area contributed by atoms with E-state index in [0.29, 0.717) is 5.92 Å². The van der Waals surface area contributed by atoms with Crippen molar-refractivity contribution in [1.29, 1.82) is 0 Å². The minimum Gasteiger partial charge on any atom is -0.351 e. The van der Waals surface area contributed by atoms with Gasteiger partial charge in [-0.1, -0.05) is 31.5 Å². The largest absolute Gasteiger partial charge is 0.351 e. The molecule has 3 heteroatoms. The maximum atomic E-state index is 5.17. The summed E-state index contributed by atoms with van der Waals surface area (Å²) in [7, 11) is 2.09. The SMILES string of the molecule is Cc1cc(C)c(C)c(C2(C)N=c3cc(CC(C)C)cnc3=CN2C)c1. The van der Waals surface area contributed by atoms with Gasteiger partial charge in [0.15, 0.2) is 5.66 Å². The lowest BCUT2D eigenvalue weighted by Gasteiger charge is -2.38. The van der Waals surface area contributed by atoms with Crippen LogP contribution >= 0.6 is 0 Å². The molecule has 1 aromatic heterocycles. The Hall–Kier alpha value is -2.16. The summed E-state index contributed by atoms with van der Waals surface area (Å²) in [6.45, 7) is 13.2. The van der Waals surface area contributed by atoms with Gasteiger partial charge in [0.05, 0.1) is 5.36 Å². The van der Waals surface area contributed by atoms with Crippen molar-refractivity contribution in [1.82, 2.24) is 9.88 Å². The van der Waals surface area contributed by atoms with Gasteiger partial charge in [-0.25, -0.2) is 0 Å². The molecule has 0 N–H and O–H groups in total.